The van der Waals surface area contributed by atoms with Crippen molar-refractivity contribution < 1.29 is 5.11 Å². The van der Waals surface area contributed by atoms with Gasteiger partial charge in [0.15, 0.2) is 0 Å². The minimum absolute atomic E-state index is 0.183. The zero-order chi connectivity index (χ0) is 11.4. The van der Waals surface area contributed by atoms with Crippen molar-refractivity contribution >= 4 is 17.2 Å². The number of hydrogen-bond donors (Lipinski definition) is 2. The predicted molar refractivity (Wildman–Crippen MR) is 66.9 cm³/mol. The first-order valence-electron chi connectivity index (χ1n) is 5.70. The first kappa shape index (κ1) is 12.9. The number of hydrogen-bond acceptors (Lipinski definition) is 3. The van der Waals surface area contributed by atoms with Gasteiger partial charge in [0, 0.05) is 18.5 Å². The van der Waals surface area contributed by atoms with Gasteiger partial charge in [-0.1, -0.05) is 25.1 Å². The van der Waals surface area contributed by atoms with Crippen molar-refractivity contribution in [1.82, 2.24) is 4.90 Å². The molecule has 1 aliphatic carbocycles. The van der Waals surface area contributed by atoms with E-state index >= 15 is 0 Å². The average molecular weight is 230 g/mol. The number of aliphatic hydroxyl groups excluding tert-OH is 1. The zero-order valence-corrected chi connectivity index (χ0v) is 10.5. The summed E-state index contributed by atoms with van der Waals surface area (Å²) in [7, 11) is 2.06. The van der Waals surface area contributed by atoms with Gasteiger partial charge in [-0.25, -0.2) is 0 Å². The molecule has 0 heterocycles. The van der Waals surface area contributed by atoms with Crippen LogP contribution in [0.4, 0.5) is 0 Å². The van der Waals surface area contributed by atoms with E-state index < -0.39 is 0 Å². The highest BCUT2D eigenvalue weighted by Crippen LogP contribution is 2.24. The number of rotatable bonds is 4. The first-order valence-corrected chi connectivity index (χ1v) is 6.11. The van der Waals surface area contributed by atoms with Gasteiger partial charge in [-0.3, -0.25) is 4.90 Å². The van der Waals surface area contributed by atoms with E-state index in [0.29, 0.717) is 11.0 Å². The highest BCUT2D eigenvalue weighted by Gasteiger charge is 2.28. The van der Waals surface area contributed by atoms with E-state index in [-0.39, 0.29) is 12.1 Å². The van der Waals surface area contributed by atoms with E-state index in [4.69, 9.17) is 18.0 Å². The highest BCUT2D eigenvalue weighted by molar-refractivity contribution is 7.80. The van der Waals surface area contributed by atoms with Crippen LogP contribution in [0.15, 0.2) is 0 Å². The summed E-state index contributed by atoms with van der Waals surface area (Å²) >= 11 is 4.91. The Morgan fingerprint density at radius 1 is 1.53 bits per heavy atom. The van der Waals surface area contributed by atoms with Crippen molar-refractivity contribution in [2.24, 2.45) is 5.73 Å². The number of thiocarbonyl (C=S) groups is 1. The van der Waals surface area contributed by atoms with Crippen molar-refractivity contribution in [3.05, 3.63) is 0 Å². The number of nitrogens with two attached hydrogens (primary N) is 1. The maximum Gasteiger partial charge on any atom is 0.0742 e. The topological polar surface area (TPSA) is 49.5 Å². The molecule has 15 heavy (non-hydrogen) atoms. The lowest BCUT2D eigenvalue weighted by Crippen LogP contribution is -2.48. The lowest BCUT2D eigenvalue weighted by Gasteiger charge is -2.38. The van der Waals surface area contributed by atoms with Crippen LogP contribution in [0.1, 0.15) is 39.0 Å². The summed E-state index contributed by atoms with van der Waals surface area (Å²) < 4.78 is 0. The fourth-order valence-electron chi connectivity index (χ4n) is 2.33. The maximum absolute atomic E-state index is 9.92. The van der Waals surface area contributed by atoms with Crippen LogP contribution in [0.25, 0.3) is 0 Å². The van der Waals surface area contributed by atoms with Crippen LogP contribution in [-0.2, 0) is 0 Å². The summed E-state index contributed by atoms with van der Waals surface area (Å²) in [5.74, 6) is 0. The van der Waals surface area contributed by atoms with Crippen LogP contribution in [0.2, 0.25) is 0 Å². The maximum atomic E-state index is 9.92. The molecule has 0 aromatic carbocycles. The fourth-order valence-corrected chi connectivity index (χ4v) is 2.57. The normalized spacial score (nSPS) is 29.1. The third kappa shape index (κ3) is 3.70. The van der Waals surface area contributed by atoms with Gasteiger partial charge in [0.25, 0.3) is 0 Å². The molecule has 0 bridgehead atoms. The summed E-state index contributed by atoms with van der Waals surface area (Å²) in [5, 5.41) is 9.92. The fraction of sp³-hybridized carbons (Fsp3) is 0.909. The minimum Gasteiger partial charge on any atom is -0.393 e. The Bertz CT molecular complexity index is 223. The van der Waals surface area contributed by atoms with Crippen LogP contribution < -0.4 is 5.73 Å². The summed E-state index contributed by atoms with van der Waals surface area (Å²) in [5.41, 5.74) is 5.54. The standard InChI is InChI=1S/C11H22N2OS/c1-8(7-11(12)15)13(2)9-5-3-4-6-10(9)14/h8-10,14H,3-7H2,1-2H3,(H2,12,15). The van der Waals surface area contributed by atoms with Gasteiger partial charge in [-0.15, -0.1) is 0 Å². The van der Waals surface area contributed by atoms with E-state index in [1.54, 1.807) is 0 Å². The highest BCUT2D eigenvalue weighted by atomic mass is 32.1. The van der Waals surface area contributed by atoms with E-state index in [1.165, 1.54) is 6.42 Å². The molecule has 4 heteroatoms. The van der Waals surface area contributed by atoms with Crippen molar-refractivity contribution in [3.63, 3.8) is 0 Å². The molecule has 1 fully saturated rings. The SMILES string of the molecule is CC(CC(N)=S)N(C)C1CCCCC1O. The molecule has 3 N–H and O–H groups in total. The van der Waals surface area contributed by atoms with Gasteiger partial charge in [-0.2, -0.15) is 0 Å². The van der Waals surface area contributed by atoms with Crippen molar-refractivity contribution in [1.29, 1.82) is 0 Å². The molecule has 3 unspecified atom stereocenters. The van der Waals surface area contributed by atoms with Gasteiger partial charge in [0.1, 0.15) is 0 Å². The third-order valence-electron chi connectivity index (χ3n) is 3.41. The molecule has 0 radical (unpaired) electrons. The summed E-state index contributed by atoms with van der Waals surface area (Å²) in [4.78, 5) is 2.78. The van der Waals surface area contributed by atoms with Crippen LogP contribution in [0.5, 0.6) is 0 Å². The number of nitrogens with zero attached hydrogens (tertiary/aromatic N) is 1. The minimum atomic E-state index is -0.183. The van der Waals surface area contributed by atoms with Crippen LogP contribution in [0.3, 0.4) is 0 Å². The quantitative estimate of drug-likeness (QED) is 0.715. The lowest BCUT2D eigenvalue weighted by atomic mass is 9.90. The molecule has 1 rings (SSSR count). The smallest absolute Gasteiger partial charge is 0.0742 e. The van der Waals surface area contributed by atoms with Crippen molar-refractivity contribution in [2.75, 3.05) is 7.05 Å². The Kier molecular flexibility index (Phi) is 4.96. The molecular weight excluding hydrogens is 208 g/mol. The molecule has 3 nitrogen and oxygen atoms in total. The zero-order valence-electron chi connectivity index (χ0n) is 9.65. The molecule has 0 saturated heterocycles. The molecule has 0 aliphatic heterocycles. The van der Waals surface area contributed by atoms with Crippen LogP contribution >= 0.6 is 12.2 Å². The van der Waals surface area contributed by atoms with Gasteiger partial charge in [-0.05, 0) is 26.8 Å². The average Bonchev–Trinajstić information content (AvgIpc) is 2.16. The Balaban J connectivity index is 2.49. The number of likely N-dealkylation sites (N-methyl/N-ethyl adjacent to an activating group) is 1. The van der Waals surface area contributed by atoms with Crippen molar-refractivity contribution in [2.45, 2.75) is 57.2 Å². The Morgan fingerprint density at radius 2 is 2.13 bits per heavy atom. The second-order valence-electron chi connectivity index (χ2n) is 4.60. The van der Waals surface area contributed by atoms with E-state index in [2.05, 4.69) is 18.9 Å². The van der Waals surface area contributed by atoms with E-state index in [9.17, 15) is 5.11 Å². The lowest BCUT2D eigenvalue weighted by molar-refractivity contribution is 0.0172. The molecule has 1 aliphatic rings. The third-order valence-corrected chi connectivity index (χ3v) is 3.58. The molecule has 0 spiro atoms. The second kappa shape index (κ2) is 5.77. The molecule has 0 amide bonds. The summed E-state index contributed by atoms with van der Waals surface area (Å²) in [6.07, 6.45) is 4.92. The number of aliphatic hydroxyl groups is 1. The van der Waals surface area contributed by atoms with Crippen molar-refractivity contribution in [3.8, 4) is 0 Å². The molecular formula is C11H22N2OS. The Hall–Kier alpha value is -0.190. The Morgan fingerprint density at radius 3 is 2.67 bits per heavy atom. The van der Waals surface area contributed by atoms with Gasteiger partial charge >= 0.3 is 0 Å². The molecule has 88 valence electrons. The van der Waals surface area contributed by atoms with Gasteiger partial charge in [0.2, 0.25) is 0 Å². The molecule has 0 aromatic heterocycles. The van der Waals surface area contributed by atoms with E-state index in [0.717, 1.165) is 25.7 Å². The summed E-state index contributed by atoms with van der Waals surface area (Å²) in [6.45, 7) is 2.11. The molecule has 0 aromatic rings. The van der Waals surface area contributed by atoms with Gasteiger partial charge < -0.3 is 10.8 Å². The Labute approximate surface area is 97.6 Å². The largest absolute Gasteiger partial charge is 0.393 e. The second-order valence-corrected chi connectivity index (χ2v) is 5.13. The van der Waals surface area contributed by atoms with Gasteiger partial charge in [0.05, 0.1) is 11.1 Å². The molecule has 3 atom stereocenters. The monoisotopic (exact) mass is 230 g/mol. The summed E-state index contributed by atoms with van der Waals surface area (Å²) in [6, 6.07) is 0.600. The van der Waals surface area contributed by atoms with Crippen LogP contribution in [-0.4, -0.2) is 40.2 Å². The van der Waals surface area contributed by atoms with E-state index in [1.807, 2.05) is 0 Å². The first-order chi connectivity index (χ1) is 7.02. The molecule has 1 saturated carbocycles. The van der Waals surface area contributed by atoms with Crippen LogP contribution in [0, 0.1) is 0 Å². The predicted octanol–water partition coefficient (Wildman–Crippen LogP) is 1.29.